The Hall–Kier alpha value is -0.650. The predicted octanol–water partition coefficient (Wildman–Crippen LogP) is 1.17. The van der Waals surface area contributed by atoms with Crippen LogP contribution in [0.1, 0.15) is 19.5 Å². The molecular formula is C12H22N4S. The van der Waals surface area contributed by atoms with Crippen LogP contribution in [0.2, 0.25) is 0 Å². The zero-order valence-corrected chi connectivity index (χ0v) is 11.5. The summed E-state index contributed by atoms with van der Waals surface area (Å²) in [7, 11) is 0. The van der Waals surface area contributed by atoms with Gasteiger partial charge in [-0.1, -0.05) is 6.92 Å². The zero-order chi connectivity index (χ0) is 12.3. The Morgan fingerprint density at radius 2 is 2.35 bits per heavy atom. The van der Waals surface area contributed by atoms with E-state index in [1.807, 2.05) is 0 Å². The second-order valence-electron chi connectivity index (χ2n) is 4.58. The maximum Gasteiger partial charge on any atom is 0.185 e. The summed E-state index contributed by atoms with van der Waals surface area (Å²) in [5.41, 5.74) is 6.69. The fourth-order valence-corrected chi connectivity index (χ4v) is 3.24. The number of likely N-dealkylation sites (N-methyl/N-ethyl adjacent to an activating group) is 1. The van der Waals surface area contributed by atoms with E-state index in [4.69, 9.17) is 5.73 Å². The molecule has 0 bridgehead atoms. The molecular weight excluding hydrogens is 232 g/mol. The second-order valence-corrected chi connectivity index (χ2v) is 5.42. The highest BCUT2D eigenvalue weighted by Crippen LogP contribution is 2.23. The van der Waals surface area contributed by atoms with Crippen LogP contribution in [0, 0.1) is 0 Å². The van der Waals surface area contributed by atoms with Gasteiger partial charge in [0.05, 0.1) is 5.69 Å². The summed E-state index contributed by atoms with van der Waals surface area (Å²) in [5.74, 6) is 0. The highest BCUT2D eigenvalue weighted by molar-refractivity contribution is 7.13. The maximum atomic E-state index is 5.55. The van der Waals surface area contributed by atoms with Crippen LogP contribution >= 0.6 is 11.3 Å². The van der Waals surface area contributed by atoms with Gasteiger partial charge < -0.3 is 10.6 Å². The Labute approximate surface area is 107 Å². The Morgan fingerprint density at radius 3 is 3.00 bits per heavy atom. The molecule has 17 heavy (non-hydrogen) atoms. The third kappa shape index (κ3) is 2.97. The van der Waals surface area contributed by atoms with Gasteiger partial charge in [0.1, 0.15) is 0 Å². The molecule has 0 amide bonds. The van der Waals surface area contributed by atoms with Crippen LogP contribution in [-0.2, 0) is 6.42 Å². The van der Waals surface area contributed by atoms with Crippen LogP contribution in [0.25, 0.3) is 0 Å². The SMILES string of the molecule is CCN1CCN(c2nc(CCN)cs2)CC1C. The van der Waals surface area contributed by atoms with Gasteiger partial charge in [0.25, 0.3) is 0 Å². The Kier molecular flexibility index (Phi) is 4.36. The molecule has 1 aromatic heterocycles. The molecule has 1 aliphatic rings. The van der Waals surface area contributed by atoms with E-state index in [-0.39, 0.29) is 0 Å². The molecule has 1 aliphatic heterocycles. The van der Waals surface area contributed by atoms with Crippen molar-refractivity contribution >= 4 is 16.5 Å². The average molecular weight is 254 g/mol. The Morgan fingerprint density at radius 1 is 1.53 bits per heavy atom. The smallest absolute Gasteiger partial charge is 0.185 e. The lowest BCUT2D eigenvalue weighted by molar-refractivity contribution is 0.199. The average Bonchev–Trinajstić information content (AvgIpc) is 2.78. The van der Waals surface area contributed by atoms with Crippen molar-refractivity contribution in [3.8, 4) is 0 Å². The van der Waals surface area contributed by atoms with Crippen LogP contribution in [0.4, 0.5) is 5.13 Å². The summed E-state index contributed by atoms with van der Waals surface area (Å²) in [6, 6.07) is 0.621. The number of hydrogen-bond donors (Lipinski definition) is 1. The van der Waals surface area contributed by atoms with Gasteiger partial charge in [0.2, 0.25) is 0 Å². The highest BCUT2D eigenvalue weighted by atomic mass is 32.1. The number of aromatic nitrogens is 1. The summed E-state index contributed by atoms with van der Waals surface area (Å²) in [6.07, 6.45) is 0.890. The first-order valence-electron chi connectivity index (χ1n) is 6.38. The number of rotatable bonds is 4. The third-order valence-electron chi connectivity index (χ3n) is 3.38. The van der Waals surface area contributed by atoms with E-state index >= 15 is 0 Å². The first-order valence-corrected chi connectivity index (χ1v) is 7.26. The fraction of sp³-hybridized carbons (Fsp3) is 0.750. The monoisotopic (exact) mass is 254 g/mol. The molecule has 1 unspecified atom stereocenters. The van der Waals surface area contributed by atoms with Gasteiger partial charge in [-0.05, 0) is 20.0 Å². The van der Waals surface area contributed by atoms with Gasteiger partial charge in [0, 0.05) is 37.5 Å². The van der Waals surface area contributed by atoms with Gasteiger partial charge >= 0.3 is 0 Å². The largest absolute Gasteiger partial charge is 0.345 e. The van der Waals surface area contributed by atoms with E-state index in [1.165, 1.54) is 0 Å². The van der Waals surface area contributed by atoms with Gasteiger partial charge in [-0.15, -0.1) is 11.3 Å². The summed E-state index contributed by atoms with van der Waals surface area (Å²) < 4.78 is 0. The lowest BCUT2D eigenvalue weighted by atomic mass is 10.2. The molecule has 0 aromatic carbocycles. The molecule has 96 valence electrons. The van der Waals surface area contributed by atoms with E-state index in [0.717, 1.165) is 43.4 Å². The molecule has 1 fully saturated rings. The van der Waals surface area contributed by atoms with Crippen molar-refractivity contribution in [3.05, 3.63) is 11.1 Å². The molecule has 0 radical (unpaired) electrons. The van der Waals surface area contributed by atoms with E-state index in [9.17, 15) is 0 Å². The van der Waals surface area contributed by atoms with Crippen LogP contribution in [0.5, 0.6) is 0 Å². The second kappa shape index (κ2) is 5.80. The summed E-state index contributed by atoms with van der Waals surface area (Å²) in [4.78, 5) is 9.58. The van der Waals surface area contributed by atoms with Crippen molar-refractivity contribution in [1.29, 1.82) is 0 Å². The number of piperazine rings is 1. The molecule has 0 aliphatic carbocycles. The molecule has 1 saturated heterocycles. The van der Waals surface area contributed by atoms with E-state index in [0.29, 0.717) is 12.6 Å². The Balaban J connectivity index is 1.98. The molecule has 2 heterocycles. The van der Waals surface area contributed by atoms with Gasteiger partial charge in [-0.2, -0.15) is 0 Å². The number of anilines is 1. The Bertz CT molecular complexity index is 352. The minimum Gasteiger partial charge on any atom is -0.345 e. The normalized spacial score (nSPS) is 22.1. The number of nitrogens with two attached hydrogens (primary N) is 1. The highest BCUT2D eigenvalue weighted by Gasteiger charge is 2.23. The first kappa shape index (κ1) is 12.8. The van der Waals surface area contributed by atoms with Gasteiger partial charge in [0.15, 0.2) is 5.13 Å². The summed E-state index contributed by atoms with van der Waals surface area (Å²) in [6.45, 7) is 9.67. The zero-order valence-electron chi connectivity index (χ0n) is 10.7. The number of thiazole rings is 1. The van der Waals surface area contributed by atoms with E-state index in [2.05, 4.69) is 34.0 Å². The summed E-state index contributed by atoms with van der Waals surface area (Å²) in [5, 5.41) is 3.30. The van der Waals surface area contributed by atoms with Crippen LogP contribution in [0.15, 0.2) is 5.38 Å². The van der Waals surface area contributed by atoms with E-state index < -0.39 is 0 Å². The maximum absolute atomic E-state index is 5.55. The van der Waals surface area contributed by atoms with Crippen LogP contribution < -0.4 is 10.6 Å². The summed E-state index contributed by atoms with van der Waals surface area (Å²) >= 11 is 1.75. The standard InChI is InChI=1S/C12H22N4S/c1-3-15-6-7-16(8-10(15)2)12-14-11(4-5-13)9-17-12/h9-10H,3-8,13H2,1-2H3. The van der Waals surface area contributed by atoms with Crippen molar-refractivity contribution in [2.45, 2.75) is 26.3 Å². The molecule has 1 atom stereocenters. The molecule has 5 heteroatoms. The van der Waals surface area contributed by atoms with Gasteiger partial charge in [-0.3, -0.25) is 4.90 Å². The number of hydrogen-bond acceptors (Lipinski definition) is 5. The van der Waals surface area contributed by atoms with Crippen LogP contribution in [-0.4, -0.2) is 48.6 Å². The van der Waals surface area contributed by atoms with Crippen molar-refractivity contribution in [2.75, 3.05) is 37.6 Å². The van der Waals surface area contributed by atoms with E-state index in [1.54, 1.807) is 11.3 Å². The quantitative estimate of drug-likeness (QED) is 0.876. The van der Waals surface area contributed by atoms with Crippen molar-refractivity contribution in [2.24, 2.45) is 5.73 Å². The predicted molar refractivity (Wildman–Crippen MR) is 73.8 cm³/mol. The van der Waals surface area contributed by atoms with Crippen molar-refractivity contribution in [3.63, 3.8) is 0 Å². The first-order chi connectivity index (χ1) is 8.24. The van der Waals surface area contributed by atoms with Crippen molar-refractivity contribution in [1.82, 2.24) is 9.88 Å². The minimum atomic E-state index is 0.621. The van der Waals surface area contributed by atoms with Gasteiger partial charge in [-0.25, -0.2) is 4.98 Å². The third-order valence-corrected chi connectivity index (χ3v) is 4.33. The molecule has 0 spiro atoms. The van der Waals surface area contributed by atoms with Crippen LogP contribution in [0.3, 0.4) is 0 Å². The topological polar surface area (TPSA) is 45.4 Å². The molecule has 2 N–H and O–H groups in total. The fourth-order valence-electron chi connectivity index (χ4n) is 2.34. The molecule has 2 rings (SSSR count). The molecule has 0 saturated carbocycles. The minimum absolute atomic E-state index is 0.621. The lowest BCUT2D eigenvalue weighted by Gasteiger charge is -2.39. The van der Waals surface area contributed by atoms with Crippen molar-refractivity contribution < 1.29 is 0 Å². The number of nitrogens with zero attached hydrogens (tertiary/aromatic N) is 3. The lowest BCUT2D eigenvalue weighted by Crippen LogP contribution is -2.51. The molecule has 4 nitrogen and oxygen atoms in total. The molecule has 1 aromatic rings.